The molecule has 0 bridgehead atoms. The first-order chi connectivity index (χ1) is 17.0. The van der Waals surface area contributed by atoms with Crippen molar-refractivity contribution < 1.29 is 23.8 Å². The molecule has 9 heteroatoms. The van der Waals surface area contributed by atoms with Gasteiger partial charge in [-0.1, -0.05) is 24.3 Å². The lowest BCUT2D eigenvalue weighted by atomic mass is 10.0. The van der Waals surface area contributed by atoms with Gasteiger partial charge < -0.3 is 24.4 Å². The van der Waals surface area contributed by atoms with Crippen molar-refractivity contribution in [1.29, 1.82) is 0 Å². The molecule has 1 aliphatic rings. The van der Waals surface area contributed by atoms with E-state index in [4.69, 9.17) is 14.2 Å². The highest BCUT2D eigenvalue weighted by molar-refractivity contribution is 5.99. The van der Waals surface area contributed by atoms with Crippen molar-refractivity contribution >= 4 is 12.0 Å². The van der Waals surface area contributed by atoms with Crippen LogP contribution >= 0.6 is 0 Å². The molecule has 1 N–H and O–H groups in total. The smallest absolute Gasteiger partial charge is 0.409 e. The maximum Gasteiger partial charge on any atom is 0.409 e. The Morgan fingerprint density at radius 2 is 1.74 bits per heavy atom. The Morgan fingerprint density at radius 1 is 1.03 bits per heavy atom. The van der Waals surface area contributed by atoms with Gasteiger partial charge in [0.05, 0.1) is 26.5 Å². The first-order valence-electron chi connectivity index (χ1n) is 11.6. The third-order valence-corrected chi connectivity index (χ3v) is 6.00. The van der Waals surface area contributed by atoms with E-state index in [1.807, 2.05) is 48.7 Å². The van der Waals surface area contributed by atoms with Crippen LogP contribution in [0.15, 0.2) is 54.7 Å². The first kappa shape index (κ1) is 24.1. The zero-order chi connectivity index (χ0) is 24.8. The fourth-order valence-electron chi connectivity index (χ4n) is 4.14. The Morgan fingerprint density at radius 3 is 2.40 bits per heavy atom. The average Bonchev–Trinajstić information content (AvgIpc) is 3.35. The van der Waals surface area contributed by atoms with Crippen molar-refractivity contribution in [2.24, 2.45) is 0 Å². The molecule has 35 heavy (non-hydrogen) atoms. The summed E-state index contributed by atoms with van der Waals surface area (Å²) in [5.41, 5.74) is 2.62. The number of methoxy groups -OCH3 is 2. The molecule has 2 aromatic carbocycles. The van der Waals surface area contributed by atoms with Crippen molar-refractivity contribution in [2.75, 3.05) is 33.9 Å². The number of nitrogens with one attached hydrogen (secondary N) is 1. The number of hydrogen-bond acceptors (Lipinski definition) is 6. The van der Waals surface area contributed by atoms with Crippen LogP contribution in [-0.2, 0) is 4.74 Å². The molecule has 0 atom stereocenters. The second-order valence-electron chi connectivity index (χ2n) is 8.17. The van der Waals surface area contributed by atoms with Crippen LogP contribution in [0.3, 0.4) is 0 Å². The van der Waals surface area contributed by atoms with E-state index in [9.17, 15) is 9.59 Å². The lowest BCUT2D eigenvalue weighted by Crippen LogP contribution is -2.46. The summed E-state index contributed by atoms with van der Waals surface area (Å²) in [4.78, 5) is 27.0. The molecular weight excluding hydrogens is 448 g/mol. The summed E-state index contributed by atoms with van der Waals surface area (Å²) in [7, 11) is 3.16. The van der Waals surface area contributed by atoms with Crippen molar-refractivity contribution in [1.82, 2.24) is 20.0 Å². The number of amides is 2. The summed E-state index contributed by atoms with van der Waals surface area (Å²) in [5, 5.41) is 7.74. The lowest BCUT2D eigenvalue weighted by Gasteiger charge is -2.31. The Kier molecular flexibility index (Phi) is 7.54. The highest BCUT2D eigenvalue weighted by Crippen LogP contribution is 2.34. The molecular formula is C26H30N4O5. The maximum absolute atomic E-state index is 13.4. The summed E-state index contributed by atoms with van der Waals surface area (Å²) >= 11 is 0. The van der Waals surface area contributed by atoms with Gasteiger partial charge in [-0.2, -0.15) is 5.10 Å². The monoisotopic (exact) mass is 478 g/mol. The molecule has 184 valence electrons. The number of carbonyl (C=O) groups is 2. The molecule has 0 aliphatic carbocycles. The number of likely N-dealkylation sites (tertiary alicyclic amines) is 1. The average molecular weight is 479 g/mol. The second kappa shape index (κ2) is 10.9. The van der Waals surface area contributed by atoms with Gasteiger partial charge in [0.1, 0.15) is 0 Å². The van der Waals surface area contributed by atoms with Gasteiger partial charge in [0, 0.05) is 30.9 Å². The van der Waals surface area contributed by atoms with Crippen LogP contribution < -0.4 is 14.8 Å². The first-order valence-corrected chi connectivity index (χ1v) is 11.6. The SMILES string of the molecule is CCOC(=O)N1CCC(NC(=O)c2nn(-c3ccccc3)cc2-c2ccc(OC)c(OC)c2)CC1. The molecule has 1 saturated heterocycles. The minimum Gasteiger partial charge on any atom is -0.493 e. The third kappa shape index (κ3) is 5.40. The van der Waals surface area contributed by atoms with Gasteiger partial charge >= 0.3 is 6.09 Å². The van der Waals surface area contributed by atoms with E-state index in [1.165, 1.54) is 0 Å². The highest BCUT2D eigenvalue weighted by Gasteiger charge is 2.27. The van der Waals surface area contributed by atoms with Crippen molar-refractivity contribution in [3.8, 4) is 28.3 Å². The van der Waals surface area contributed by atoms with Gasteiger partial charge in [0.25, 0.3) is 5.91 Å². The van der Waals surface area contributed by atoms with Gasteiger partial charge in [-0.3, -0.25) is 4.79 Å². The van der Waals surface area contributed by atoms with Crippen LogP contribution in [0.2, 0.25) is 0 Å². The summed E-state index contributed by atoms with van der Waals surface area (Å²) in [6, 6.07) is 15.1. The normalized spacial score (nSPS) is 13.9. The van der Waals surface area contributed by atoms with Crippen LogP contribution in [0.25, 0.3) is 16.8 Å². The van der Waals surface area contributed by atoms with Crippen molar-refractivity contribution in [3.63, 3.8) is 0 Å². The molecule has 1 aliphatic heterocycles. The van der Waals surface area contributed by atoms with Crippen molar-refractivity contribution in [3.05, 3.63) is 60.4 Å². The van der Waals surface area contributed by atoms with Gasteiger partial charge in [0.2, 0.25) is 0 Å². The summed E-state index contributed by atoms with van der Waals surface area (Å²) in [6.45, 7) is 3.20. The topological polar surface area (TPSA) is 94.9 Å². The number of aromatic nitrogens is 2. The number of nitrogens with zero attached hydrogens (tertiary/aromatic N) is 3. The molecule has 2 heterocycles. The van der Waals surface area contributed by atoms with Gasteiger partial charge in [-0.25, -0.2) is 9.48 Å². The number of para-hydroxylation sites is 1. The summed E-state index contributed by atoms with van der Waals surface area (Å²) in [5.74, 6) is 0.903. The minimum atomic E-state index is -0.311. The Bertz CT molecular complexity index is 1170. The molecule has 1 fully saturated rings. The zero-order valence-electron chi connectivity index (χ0n) is 20.2. The van der Waals surface area contributed by atoms with E-state index in [-0.39, 0.29) is 18.0 Å². The number of carbonyl (C=O) groups excluding carboxylic acids is 2. The van der Waals surface area contributed by atoms with E-state index in [0.717, 1.165) is 11.3 Å². The van der Waals surface area contributed by atoms with Gasteiger partial charge in [-0.15, -0.1) is 0 Å². The molecule has 4 rings (SSSR count). The minimum absolute atomic E-state index is 0.0618. The fraction of sp³-hybridized carbons (Fsp3) is 0.346. The number of ether oxygens (including phenoxy) is 3. The van der Waals surface area contributed by atoms with Crippen molar-refractivity contribution in [2.45, 2.75) is 25.8 Å². The second-order valence-corrected chi connectivity index (χ2v) is 8.17. The third-order valence-electron chi connectivity index (χ3n) is 6.00. The zero-order valence-corrected chi connectivity index (χ0v) is 20.2. The Labute approximate surface area is 204 Å². The summed E-state index contributed by atoms with van der Waals surface area (Å²) in [6.07, 6.45) is 2.83. The Balaban J connectivity index is 1.59. The number of benzene rings is 2. The van der Waals surface area contributed by atoms with Crippen LogP contribution in [0.4, 0.5) is 4.79 Å². The number of rotatable bonds is 7. The van der Waals surface area contributed by atoms with Crippen LogP contribution in [0, 0.1) is 0 Å². The predicted molar refractivity (Wildman–Crippen MR) is 131 cm³/mol. The molecule has 0 unspecified atom stereocenters. The molecule has 2 amide bonds. The van der Waals surface area contributed by atoms with Gasteiger partial charge in [-0.05, 0) is 49.6 Å². The predicted octanol–water partition coefficient (Wildman–Crippen LogP) is 3.91. The standard InChI is InChI=1S/C26H30N4O5/c1-4-35-26(32)29-14-12-19(13-15-29)27-25(31)24-21(17-30(28-24)20-8-6-5-7-9-20)18-10-11-22(33-2)23(16-18)34-3/h5-11,16-17,19H,4,12-15H2,1-3H3,(H,27,31). The Hall–Kier alpha value is -4.01. The van der Waals surface area contributed by atoms with E-state index >= 15 is 0 Å². The number of hydrogen-bond donors (Lipinski definition) is 1. The quantitative estimate of drug-likeness (QED) is 0.553. The largest absolute Gasteiger partial charge is 0.493 e. The van der Waals surface area contributed by atoms with Crippen LogP contribution in [-0.4, -0.2) is 66.6 Å². The molecule has 0 spiro atoms. The maximum atomic E-state index is 13.4. The van der Waals surface area contributed by atoms with Crippen LogP contribution in [0.1, 0.15) is 30.3 Å². The fourth-order valence-corrected chi connectivity index (χ4v) is 4.14. The van der Waals surface area contributed by atoms with Crippen LogP contribution in [0.5, 0.6) is 11.5 Å². The van der Waals surface area contributed by atoms with E-state index < -0.39 is 0 Å². The molecule has 0 radical (unpaired) electrons. The molecule has 1 aromatic heterocycles. The van der Waals surface area contributed by atoms with E-state index in [2.05, 4.69) is 10.4 Å². The van der Waals surface area contributed by atoms with E-state index in [0.29, 0.717) is 55.3 Å². The molecule has 9 nitrogen and oxygen atoms in total. The van der Waals surface area contributed by atoms with E-state index in [1.54, 1.807) is 36.8 Å². The lowest BCUT2D eigenvalue weighted by molar-refractivity contribution is 0.0857. The highest BCUT2D eigenvalue weighted by atomic mass is 16.6. The molecule has 0 saturated carbocycles. The number of piperidine rings is 1. The summed E-state index contributed by atoms with van der Waals surface area (Å²) < 4.78 is 17.6. The van der Waals surface area contributed by atoms with Gasteiger partial charge in [0.15, 0.2) is 17.2 Å². The molecule has 3 aromatic rings.